The van der Waals surface area contributed by atoms with Crippen LogP contribution in [-0.4, -0.2) is 27.8 Å². The van der Waals surface area contributed by atoms with Crippen molar-refractivity contribution in [2.75, 3.05) is 13.3 Å². The molecule has 4 heteroatoms. The minimum atomic E-state index is -3.11. The predicted octanol–water partition coefficient (Wildman–Crippen LogP) is 2.44. The van der Waals surface area contributed by atoms with Crippen molar-refractivity contribution in [1.29, 1.82) is 0 Å². The highest BCUT2D eigenvalue weighted by atomic mass is 32.2. The molecule has 1 aromatic rings. The highest BCUT2D eigenvalue weighted by Gasteiger charge is 2.21. The Morgan fingerprint density at radius 2 is 1.56 bits per heavy atom. The third-order valence-electron chi connectivity index (χ3n) is 3.41. The molecule has 0 aliphatic carbocycles. The first-order chi connectivity index (χ1) is 8.27. The lowest BCUT2D eigenvalue weighted by Gasteiger charge is -2.27. The number of hydrogen-bond acceptors (Lipinski definition) is 3. The van der Waals surface area contributed by atoms with Crippen LogP contribution in [-0.2, 0) is 9.84 Å². The molecule has 1 rings (SSSR count). The van der Waals surface area contributed by atoms with Crippen LogP contribution in [0.2, 0.25) is 0 Å². The lowest BCUT2D eigenvalue weighted by molar-refractivity contribution is 0.395. The van der Waals surface area contributed by atoms with E-state index in [2.05, 4.69) is 26.1 Å². The van der Waals surface area contributed by atoms with Gasteiger partial charge in [-0.25, -0.2) is 8.42 Å². The summed E-state index contributed by atoms with van der Waals surface area (Å²) in [5.41, 5.74) is 1.18. The Hall–Kier alpha value is -0.870. The molecule has 0 bridgehead atoms. The lowest BCUT2D eigenvalue weighted by Crippen LogP contribution is -2.31. The topological polar surface area (TPSA) is 46.2 Å². The molecule has 0 radical (unpaired) electrons. The van der Waals surface area contributed by atoms with E-state index in [0.717, 1.165) is 0 Å². The van der Waals surface area contributed by atoms with E-state index in [1.54, 1.807) is 12.1 Å². The monoisotopic (exact) mass is 269 g/mol. The molecule has 1 aromatic carbocycles. The van der Waals surface area contributed by atoms with Gasteiger partial charge in [-0.3, -0.25) is 0 Å². The summed E-state index contributed by atoms with van der Waals surface area (Å²) < 4.78 is 22.9. The summed E-state index contributed by atoms with van der Waals surface area (Å²) in [6.07, 6.45) is 1.23. The summed E-state index contributed by atoms with van der Waals surface area (Å²) >= 11 is 0. The van der Waals surface area contributed by atoms with E-state index >= 15 is 0 Å². The largest absolute Gasteiger partial charge is 0.317 e. The van der Waals surface area contributed by atoms with Crippen LogP contribution in [0.15, 0.2) is 29.2 Å². The van der Waals surface area contributed by atoms with Crippen molar-refractivity contribution in [2.24, 2.45) is 5.92 Å². The standard InChI is InChI=1S/C14H23NO2S/c1-10(2)14(11(3)15-4)12-6-8-13(9-7-12)18(5,16)17/h6-11,14-15H,1-5H3. The number of benzene rings is 1. The first kappa shape index (κ1) is 15.2. The fourth-order valence-corrected chi connectivity index (χ4v) is 3.00. The quantitative estimate of drug-likeness (QED) is 0.893. The highest BCUT2D eigenvalue weighted by molar-refractivity contribution is 7.90. The molecule has 0 aliphatic heterocycles. The Bertz CT molecular complexity index is 477. The zero-order valence-corrected chi connectivity index (χ0v) is 12.6. The van der Waals surface area contributed by atoms with Crippen LogP contribution < -0.4 is 5.32 Å². The van der Waals surface area contributed by atoms with E-state index in [0.29, 0.717) is 22.8 Å². The maximum atomic E-state index is 11.4. The van der Waals surface area contributed by atoms with E-state index in [-0.39, 0.29) is 0 Å². The van der Waals surface area contributed by atoms with Crippen molar-refractivity contribution < 1.29 is 8.42 Å². The van der Waals surface area contributed by atoms with Crippen LogP contribution in [0.3, 0.4) is 0 Å². The third kappa shape index (κ3) is 3.56. The fourth-order valence-electron chi connectivity index (χ4n) is 2.37. The zero-order valence-electron chi connectivity index (χ0n) is 11.8. The van der Waals surface area contributed by atoms with Gasteiger partial charge in [0.1, 0.15) is 0 Å². The van der Waals surface area contributed by atoms with Gasteiger partial charge in [-0.15, -0.1) is 0 Å². The van der Waals surface area contributed by atoms with E-state index in [4.69, 9.17) is 0 Å². The zero-order chi connectivity index (χ0) is 13.9. The second-order valence-electron chi connectivity index (χ2n) is 5.19. The first-order valence-electron chi connectivity index (χ1n) is 6.24. The summed E-state index contributed by atoms with van der Waals surface area (Å²) in [5.74, 6) is 0.875. The van der Waals surface area contributed by atoms with Gasteiger partial charge in [0, 0.05) is 18.2 Å². The molecule has 0 heterocycles. The van der Waals surface area contributed by atoms with Crippen LogP contribution in [0, 0.1) is 5.92 Å². The van der Waals surface area contributed by atoms with Crippen molar-refractivity contribution in [3.05, 3.63) is 29.8 Å². The average molecular weight is 269 g/mol. The molecule has 0 aliphatic rings. The molecular formula is C14H23NO2S. The Balaban J connectivity index is 3.09. The van der Waals surface area contributed by atoms with Gasteiger partial charge < -0.3 is 5.32 Å². The molecule has 2 unspecified atom stereocenters. The number of nitrogens with one attached hydrogen (secondary N) is 1. The Kier molecular flexibility index (Phi) is 4.93. The van der Waals surface area contributed by atoms with Gasteiger partial charge in [0.2, 0.25) is 0 Å². The average Bonchev–Trinajstić information content (AvgIpc) is 2.28. The molecule has 1 N–H and O–H groups in total. The number of rotatable bonds is 5. The van der Waals surface area contributed by atoms with Crippen molar-refractivity contribution in [2.45, 2.75) is 37.6 Å². The molecule has 0 amide bonds. The molecule has 3 nitrogen and oxygen atoms in total. The predicted molar refractivity (Wildman–Crippen MR) is 75.7 cm³/mol. The molecular weight excluding hydrogens is 246 g/mol. The van der Waals surface area contributed by atoms with Crippen molar-refractivity contribution in [3.8, 4) is 0 Å². The normalized spacial score (nSPS) is 15.7. The summed E-state index contributed by atoms with van der Waals surface area (Å²) in [4.78, 5) is 0.380. The molecule has 0 spiro atoms. The summed E-state index contributed by atoms with van der Waals surface area (Å²) in [6.45, 7) is 6.51. The minimum Gasteiger partial charge on any atom is -0.317 e. The minimum absolute atomic E-state index is 0.356. The first-order valence-corrected chi connectivity index (χ1v) is 8.13. The van der Waals surface area contributed by atoms with Gasteiger partial charge in [0.05, 0.1) is 4.90 Å². The van der Waals surface area contributed by atoms with Crippen molar-refractivity contribution >= 4 is 9.84 Å². The molecule has 0 fully saturated rings. The molecule has 0 saturated carbocycles. The van der Waals surface area contributed by atoms with Crippen molar-refractivity contribution in [3.63, 3.8) is 0 Å². The number of hydrogen-bond donors (Lipinski definition) is 1. The van der Waals surface area contributed by atoms with Crippen LogP contribution in [0.4, 0.5) is 0 Å². The fraction of sp³-hybridized carbons (Fsp3) is 0.571. The van der Waals surface area contributed by atoms with Crippen molar-refractivity contribution in [1.82, 2.24) is 5.32 Å². The second-order valence-corrected chi connectivity index (χ2v) is 7.20. The summed E-state index contributed by atoms with van der Waals surface area (Å²) in [5, 5.41) is 3.27. The van der Waals surface area contributed by atoms with Gasteiger partial charge in [-0.05, 0) is 37.6 Å². The smallest absolute Gasteiger partial charge is 0.175 e. The Morgan fingerprint density at radius 3 is 1.89 bits per heavy atom. The van der Waals surface area contributed by atoms with Crippen LogP contribution >= 0.6 is 0 Å². The number of sulfone groups is 1. The third-order valence-corrected chi connectivity index (χ3v) is 4.53. The second kappa shape index (κ2) is 5.85. The van der Waals surface area contributed by atoms with E-state index < -0.39 is 9.84 Å². The van der Waals surface area contributed by atoms with Gasteiger partial charge in [-0.2, -0.15) is 0 Å². The molecule has 18 heavy (non-hydrogen) atoms. The van der Waals surface area contributed by atoms with Gasteiger partial charge >= 0.3 is 0 Å². The van der Waals surface area contributed by atoms with E-state index in [1.165, 1.54) is 11.8 Å². The van der Waals surface area contributed by atoms with E-state index in [1.807, 2.05) is 19.2 Å². The summed E-state index contributed by atoms with van der Waals surface area (Å²) in [7, 11) is -1.16. The highest BCUT2D eigenvalue weighted by Crippen LogP contribution is 2.28. The van der Waals surface area contributed by atoms with Gasteiger partial charge in [0.15, 0.2) is 9.84 Å². The SMILES string of the molecule is CNC(C)C(c1ccc(S(C)(=O)=O)cc1)C(C)C. The molecule has 2 atom stereocenters. The van der Waals surface area contributed by atoms with Crippen LogP contribution in [0.5, 0.6) is 0 Å². The Labute approximate surface area is 111 Å². The van der Waals surface area contributed by atoms with Crippen LogP contribution in [0.1, 0.15) is 32.3 Å². The maximum Gasteiger partial charge on any atom is 0.175 e. The lowest BCUT2D eigenvalue weighted by atomic mass is 9.83. The van der Waals surface area contributed by atoms with E-state index in [9.17, 15) is 8.42 Å². The summed E-state index contributed by atoms with van der Waals surface area (Å²) in [6, 6.07) is 7.60. The van der Waals surface area contributed by atoms with Gasteiger partial charge in [-0.1, -0.05) is 26.0 Å². The molecule has 0 saturated heterocycles. The van der Waals surface area contributed by atoms with Crippen LogP contribution in [0.25, 0.3) is 0 Å². The molecule has 0 aromatic heterocycles. The molecule has 102 valence electrons. The maximum absolute atomic E-state index is 11.4. The Morgan fingerprint density at radius 1 is 1.06 bits per heavy atom. The van der Waals surface area contributed by atoms with Gasteiger partial charge in [0.25, 0.3) is 0 Å². The number of likely N-dealkylation sites (N-methyl/N-ethyl adjacent to an activating group) is 1.